The van der Waals surface area contributed by atoms with Crippen LogP contribution in [0, 0.1) is 6.92 Å². The second kappa shape index (κ2) is 6.40. The maximum absolute atomic E-state index is 4.58. The Balaban J connectivity index is 1.93. The van der Waals surface area contributed by atoms with Gasteiger partial charge in [0.25, 0.3) is 0 Å². The molecule has 1 fully saturated rings. The molecule has 1 aromatic carbocycles. The summed E-state index contributed by atoms with van der Waals surface area (Å²) in [5, 5.41) is 3.58. The number of aromatic nitrogens is 1. The van der Waals surface area contributed by atoms with Gasteiger partial charge >= 0.3 is 0 Å². The molecule has 1 aliphatic carbocycles. The van der Waals surface area contributed by atoms with E-state index in [-0.39, 0.29) is 6.04 Å². The fraction of sp³-hybridized carbons (Fsp3) is 0.421. The van der Waals surface area contributed by atoms with Crippen molar-refractivity contribution in [3.63, 3.8) is 0 Å². The Morgan fingerprint density at radius 2 is 2.10 bits per heavy atom. The molecule has 1 aromatic heterocycles. The maximum Gasteiger partial charge on any atom is 0.0751 e. The SMILES string of the molecule is CCNC(c1cccc(C2CCC2)c1)c1cc(C)ccn1. The molecular formula is C19H24N2. The summed E-state index contributed by atoms with van der Waals surface area (Å²) < 4.78 is 0. The van der Waals surface area contributed by atoms with Crippen LogP contribution in [0.15, 0.2) is 42.6 Å². The first kappa shape index (κ1) is 14.3. The van der Waals surface area contributed by atoms with Crippen molar-refractivity contribution in [1.82, 2.24) is 10.3 Å². The number of benzene rings is 1. The molecule has 1 heterocycles. The number of aryl methyl sites for hydroxylation is 1. The lowest BCUT2D eigenvalue weighted by Gasteiger charge is -2.27. The molecular weight excluding hydrogens is 256 g/mol. The number of hydrogen-bond acceptors (Lipinski definition) is 2. The molecule has 1 atom stereocenters. The van der Waals surface area contributed by atoms with Crippen LogP contribution in [-0.2, 0) is 0 Å². The molecule has 1 aliphatic rings. The van der Waals surface area contributed by atoms with Gasteiger partial charge in [-0.05, 0) is 61.1 Å². The quantitative estimate of drug-likeness (QED) is 0.880. The second-order valence-corrected chi connectivity index (χ2v) is 6.05. The summed E-state index contributed by atoms with van der Waals surface area (Å²) in [7, 11) is 0. The van der Waals surface area contributed by atoms with Gasteiger partial charge in [-0.15, -0.1) is 0 Å². The van der Waals surface area contributed by atoms with E-state index in [1.807, 2.05) is 6.20 Å². The minimum Gasteiger partial charge on any atom is -0.305 e. The van der Waals surface area contributed by atoms with Crippen molar-refractivity contribution in [1.29, 1.82) is 0 Å². The second-order valence-electron chi connectivity index (χ2n) is 6.05. The third-order valence-corrected chi connectivity index (χ3v) is 4.46. The zero-order valence-corrected chi connectivity index (χ0v) is 13.0. The summed E-state index contributed by atoms with van der Waals surface area (Å²) in [6.45, 7) is 5.21. The van der Waals surface area contributed by atoms with E-state index >= 15 is 0 Å². The van der Waals surface area contributed by atoms with E-state index in [1.54, 1.807) is 0 Å². The molecule has 2 aromatic rings. The van der Waals surface area contributed by atoms with Crippen LogP contribution in [0.3, 0.4) is 0 Å². The van der Waals surface area contributed by atoms with Gasteiger partial charge in [-0.2, -0.15) is 0 Å². The molecule has 0 aliphatic heterocycles. The van der Waals surface area contributed by atoms with Gasteiger partial charge in [0.15, 0.2) is 0 Å². The third-order valence-electron chi connectivity index (χ3n) is 4.46. The molecule has 0 saturated heterocycles. The maximum atomic E-state index is 4.58. The highest BCUT2D eigenvalue weighted by Gasteiger charge is 2.21. The van der Waals surface area contributed by atoms with Crippen molar-refractivity contribution in [3.8, 4) is 0 Å². The van der Waals surface area contributed by atoms with Crippen molar-refractivity contribution in [2.45, 2.75) is 45.1 Å². The van der Waals surface area contributed by atoms with Gasteiger partial charge < -0.3 is 5.32 Å². The first-order valence-electron chi connectivity index (χ1n) is 8.03. The standard InChI is InChI=1S/C19H24N2/c1-3-20-19(18-12-14(2)10-11-21-18)17-9-5-8-16(13-17)15-6-4-7-15/h5,8-13,15,19-20H,3-4,6-7H2,1-2H3. The average Bonchev–Trinajstić information content (AvgIpc) is 2.43. The van der Waals surface area contributed by atoms with E-state index in [1.165, 1.54) is 36.0 Å². The van der Waals surface area contributed by atoms with Crippen molar-refractivity contribution >= 4 is 0 Å². The van der Waals surface area contributed by atoms with Gasteiger partial charge in [0.2, 0.25) is 0 Å². The molecule has 21 heavy (non-hydrogen) atoms. The molecule has 0 spiro atoms. The Morgan fingerprint density at radius 3 is 2.76 bits per heavy atom. The largest absolute Gasteiger partial charge is 0.305 e. The molecule has 0 radical (unpaired) electrons. The van der Waals surface area contributed by atoms with E-state index in [0.717, 1.165) is 18.2 Å². The number of rotatable bonds is 5. The fourth-order valence-electron chi connectivity index (χ4n) is 3.05. The molecule has 2 nitrogen and oxygen atoms in total. The third kappa shape index (κ3) is 3.16. The lowest BCUT2D eigenvalue weighted by Crippen LogP contribution is -2.23. The van der Waals surface area contributed by atoms with Gasteiger partial charge in [-0.25, -0.2) is 0 Å². The van der Waals surface area contributed by atoms with Crippen LogP contribution in [-0.4, -0.2) is 11.5 Å². The van der Waals surface area contributed by atoms with Crippen LogP contribution in [0.1, 0.15) is 60.5 Å². The topological polar surface area (TPSA) is 24.9 Å². The van der Waals surface area contributed by atoms with Crippen LogP contribution in [0.4, 0.5) is 0 Å². The van der Waals surface area contributed by atoms with Crippen LogP contribution in [0.5, 0.6) is 0 Å². The predicted molar refractivity (Wildman–Crippen MR) is 87.5 cm³/mol. The molecule has 110 valence electrons. The normalized spacial score (nSPS) is 16.5. The zero-order valence-electron chi connectivity index (χ0n) is 13.0. The summed E-state index contributed by atoms with van der Waals surface area (Å²) in [5.74, 6) is 0.776. The Bertz CT molecular complexity index is 602. The average molecular weight is 280 g/mol. The summed E-state index contributed by atoms with van der Waals surface area (Å²) in [6.07, 6.45) is 5.98. The minimum atomic E-state index is 0.190. The predicted octanol–water partition coefficient (Wildman–Crippen LogP) is 4.36. The first-order chi connectivity index (χ1) is 10.3. The Hall–Kier alpha value is -1.67. The van der Waals surface area contributed by atoms with E-state index in [9.17, 15) is 0 Å². The van der Waals surface area contributed by atoms with E-state index in [2.05, 4.69) is 60.5 Å². The smallest absolute Gasteiger partial charge is 0.0751 e. The summed E-state index contributed by atoms with van der Waals surface area (Å²) in [4.78, 5) is 4.58. The Labute approximate surface area is 127 Å². The monoisotopic (exact) mass is 280 g/mol. The summed E-state index contributed by atoms with van der Waals surface area (Å²) in [6, 6.07) is 13.5. The van der Waals surface area contributed by atoms with Gasteiger partial charge in [0.05, 0.1) is 11.7 Å². The van der Waals surface area contributed by atoms with Crippen LogP contribution in [0.2, 0.25) is 0 Å². The van der Waals surface area contributed by atoms with E-state index in [0.29, 0.717) is 0 Å². The summed E-state index contributed by atoms with van der Waals surface area (Å²) in [5.41, 5.74) is 5.20. The molecule has 1 unspecified atom stereocenters. The number of hydrogen-bond donors (Lipinski definition) is 1. The number of pyridine rings is 1. The highest BCUT2D eigenvalue weighted by Crippen LogP contribution is 2.37. The molecule has 0 bridgehead atoms. The number of nitrogens with one attached hydrogen (secondary N) is 1. The van der Waals surface area contributed by atoms with Crippen LogP contribution in [0.25, 0.3) is 0 Å². The van der Waals surface area contributed by atoms with Crippen molar-refractivity contribution in [2.75, 3.05) is 6.54 Å². The van der Waals surface area contributed by atoms with E-state index in [4.69, 9.17) is 0 Å². The molecule has 1 saturated carbocycles. The molecule has 1 N–H and O–H groups in total. The van der Waals surface area contributed by atoms with E-state index < -0.39 is 0 Å². The number of nitrogens with zero attached hydrogens (tertiary/aromatic N) is 1. The van der Waals surface area contributed by atoms with Crippen molar-refractivity contribution in [2.24, 2.45) is 0 Å². The Kier molecular flexibility index (Phi) is 4.35. The minimum absolute atomic E-state index is 0.190. The van der Waals surface area contributed by atoms with Gasteiger partial charge in [0, 0.05) is 6.20 Å². The lowest BCUT2D eigenvalue weighted by atomic mass is 9.79. The Morgan fingerprint density at radius 1 is 1.24 bits per heavy atom. The van der Waals surface area contributed by atoms with Crippen molar-refractivity contribution < 1.29 is 0 Å². The molecule has 0 amide bonds. The highest BCUT2D eigenvalue weighted by atomic mass is 14.9. The van der Waals surface area contributed by atoms with Gasteiger partial charge in [-0.1, -0.05) is 37.6 Å². The van der Waals surface area contributed by atoms with Crippen LogP contribution < -0.4 is 5.32 Å². The molecule has 3 rings (SSSR count). The summed E-state index contributed by atoms with van der Waals surface area (Å²) >= 11 is 0. The first-order valence-corrected chi connectivity index (χ1v) is 8.03. The van der Waals surface area contributed by atoms with Crippen LogP contribution >= 0.6 is 0 Å². The van der Waals surface area contributed by atoms with Gasteiger partial charge in [-0.3, -0.25) is 4.98 Å². The van der Waals surface area contributed by atoms with Gasteiger partial charge in [0.1, 0.15) is 0 Å². The molecule has 2 heteroatoms. The zero-order chi connectivity index (χ0) is 14.7. The lowest BCUT2D eigenvalue weighted by molar-refractivity contribution is 0.419. The van der Waals surface area contributed by atoms with Crippen molar-refractivity contribution in [3.05, 3.63) is 65.0 Å². The highest BCUT2D eigenvalue weighted by molar-refractivity contribution is 5.34. The fourth-order valence-corrected chi connectivity index (χ4v) is 3.05.